The number of hydrogen-bond donors (Lipinski definition) is 2. The maximum atomic E-state index is 12.6. The molecule has 0 aliphatic heterocycles. The van der Waals surface area contributed by atoms with Crippen molar-refractivity contribution in [2.75, 3.05) is 0 Å². The molecule has 0 atom stereocenters. The zero-order chi connectivity index (χ0) is 17.2. The van der Waals surface area contributed by atoms with Gasteiger partial charge in [0, 0.05) is 6.08 Å². The van der Waals surface area contributed by atoms with Gasteiger partial charge in [0.2, 0.25) is 21.4 Å². The zero-order valence-electron chi connectivity index (χ0n) is 12.1. The molecule has 2 aromatic heterocycles. The van der Waals surface area contributed by atoms with Crippen molar-refractivity contribution >= 4 is 21.4 Å². The van der Waals surface area contributed by atoms with Crippen LogP contribution < -0.4 is 0 Å². The van der Waals surface area contributed by atoms with Gasteiger partial charge in [-0.25, -0.2) is 13.4 Å². The molecular formula is C15H11N3O5S. The molecule has 0 saturated carbocycles. The quantitative estimate of drug-likeness (QED) is 0.411. The number of benzene rings is 1. The van der Waals surface area contributed by atoms with Crippen LogP contribution in [0.15, 0.2) is 69.3 Å². The number of sulfone groups is 1. The first kappa shape index (κ1) is 15.7. The van der Waals surface area contributed by atoms with Crippen LogP contribution in [0.2, 0.25) is 0 Å². The Morgan fingerprint density at radius 1 is 1.21 bits per heavy atom. The molecule has 3 aromatic rings. The Balaban J connectivity index is 1.99. The lowest BCUT2D eigenvalue weighted by Gasteiger charge is -2.03. The Bertz CT molecular complexity index is 989. The van der Waals surface area contributed by atoms with Gasteiger partial charge < -0.3 is 9.52 Å². The Labute approximate surface area is 136 Å². The molecule has 9 heteroatoms. The highest BCUT2D eigenvalue weighted by Gasteiger charge is 2.27. The van der Waals surface area contributed by atoms with E-state index in [1.54, 1.807) is 18.2 Å². The number of aromatic amines is 1. The van der Waals surface area contributed by atoms with E-state index in [1.807, 2.05) is 0 Å². The van der Waals surface area contributed by atoms with E-state index < -0.39 is 27.1 Å². The molecule has 2 N–H and O–H groups in total. The molecule has 0 aliphatic carbocycles. The van der Waals surface area contributed by atoms with Gasteiger partial charge in [-0.1, -0.05) is 18.2 Å². The van der Waals surface area contributed by atoms with E-state index in [2.05, 4.69) is 15.2 Å². The smallest absolute Gasteiger partial charge is 0.226 e. The minimum Gasteiger partial charge on any atom is -0.504 e. The first-order valence-corrected chi connectivity index (χ1v) is 8.17. The van der Waals surface area contributed by atoms with Crippen LogP contribution in [0.25, 0.3) is 5.76 Å². The van der Waals surface area contributed by atoms with Crippen LogP contribution in [-0.2, 0) is 9.84 Å². The third-order valence-corrected chi connectivity index (χ3v) is 4.90. The van der Waals surface area contributed by atoms with E-state index >= 15 is 0 Å². The van der Waals surface area contributed by atoms with Gasteiger partial charge in [-0.3, -0.25) is 9.89 Å². The predicted molar refractivity (Wildman–Crippen MR) is 81.9 cm³/mol. The first-order valence-electron chi connectivity index (χ1n) is 6.69. The van der Waals surface area contributed by atoms with E-state index in [4.69, 9.17) is 4.42 Å². The van der Waals surface area contributed by atoms with Gasteiger partial charge in [0.25, 0.3) is 0 Å². The second-order valence-electron chi connectivity index (χ2n) is 4.65. The van der Waals surface area contributed by atoms with Crippen LogP contribution in [0.4, 0.5) is 0 Å². The highest BCUT2D eigenvalue weighted by Crippen LogP contribution is 2.26. The molecule has 0 bridgehead atoms. The number of nitrogens with zero attached hydrogens (tertiary/aromatic N) is 2. The Hall–Kier alpha value is -3.20. The summed E-state index contributed by atoms with van der Waals surface area (Å²) in [7, 11) is -3.92. The molecule has 3 rings (SSSR count). The first-order chi connectivity index (χ1) is 11.5. The number of hydrogen-bond acceptors (Lipinski definition) is 7. The standard InChI is InChI=1S/C15H11N3O5S/c19-11(8-12(20)15-16-9-17-18-15)14-13(6-7-23-14)24(21,22)10-4-2-1-3-5-10/h1-9,20H,(H,16,17,18). The van der Waals surface area contributed by atoms with Gasteiger partial charge in [0.05, 0.1) is 11.2 Å². The molecule has 0 radical (unpaired) electrons. The number of aliphatic hydroxyl groups is 1. The van der Waals surface area contributed by atoms with Crippen molar-refractivity contribution in [1.82, 2.24) is 15.2 Å². The van der Waals surface area contributed by atoms with Crippen molar-refractivity contribution in [3.05, 3.63) is 66.6 Å². The van der Waals surface area contributed by atoms with E-state index in [-0.39, 0.29) is 15.6 Å². The minimum atomic E-state index is -3.92. The van der Waals surface area contributed by atoms with Gasteiger partial charge in [-0.15, -0.1) is 0 Å². The number of allylic oxidation sites excluding steroid dienone is 1. The number of H-pyrrole nitrogens is 1. The minimum absolute atomic E-state index is 0.0302. The normalized spacial score (nSPS) is 12.2. The molecule has 0 spiro atoms. The third kappa shape index (κ3) is 2.84. The fraction of sp³-hybridized carbons (Fsp3) is 0. The van der Waals surface area contributed by atoms with Crippen molar-refractivity contribution < 1.29 is 22.7 Å². The lowest BCUT2D eigenvalue weighted by Crippen LogP contribution is -2.07. The molecule has 8 nitrogen and oxygen atoms in total. The SMILES string of the molecule is O=C(C=C(O)c1nc[nH]n1)c1occc1S(=O)(=O)c1ccccc1. The van der Waals surface area contributed by atoms with Gasteiger partial charge in [0.1, 0.15) is 11.2 Å². The summed E-state index contributed by atoms with van der Waals surface area (Å²) in [5.41, 5.74) is 0. The molecule has 0 saturated heterocycles. The van der Waals surface area contributed by atoms with Crippen molar-refractivity contribution in [2.24, 2.45) is 0 Å². The summed E-state index contributed by atoms with van der Waals surface area (Å²) in [6.07, 6.45) is 3.12. The third-order valence-electron chi connectivity index (χ3n) is 3.11. The summed E-state index contributed by atoms with van der Waals surface area (Å²) in [4.78, 5) is 15.7. The van der Waals surface area contributed by atoms with E-state index in [0.717, 1.165) is 12.3 Å². The molecule has 122 valence electrons. The number of furan rings is 1. The monoisotopic (exact) mass is 345 g/mol. The van der Waals surface area contributed by atoms with E-state index in [1.165, 1.54) is 24.5 Å². The lowest BCUT2D eigenvalue weighted by atomic mass is 10.2. The molecular weight excluding hydrogens is 334 g/mol. The van der Waals surface area contributed by atoms with Crippen LogP contribution in [0.3, 0.4) is 0 Å². The number of carbonyl (C=O) groups excluding carboxylic acids is 1. The molecule has 2 heterocycles. The summed E-state index contributed by atoms with van der Waals surface area (Å²) in [5, 5.41) is 15.8. The highest BCUT2D eigenvalue weighted by atomic mass is 32.2. The predicted octanol–water partition coefficient (Wildman–Crippen LogP) is 2.01. The van der Waals surface area contributed by atoms with Crippen LogP contribution in [0, 0.1) is 0 Å². The van der Waals surface area contributed by atoms with E-state index in [9.17, 15) is 18.3 Å². The molecule has 1 aromatic carbocycles. The average molecular weight is 345 g/mol. The van der Waals surface area contributed by atoms with Gasteiger partial charge in [-0.05, 0) is 18.2 Å². The van der Waals surface area contributed by atoms with Crippen molar-refractivity contribution in [1.29, 1.82) is 0 Å². The molecule has 0 amide bonds. The molecule has 0 fully saturated rings. The van der Waals surface area contributed by atoms with Crippen molar-refractivity contribution in [3.63, 3.8) is 0 Å². The maximum absolute atomic E-state index is 12.6. The maximum Gasteiger partial charge on any atom is 0.226 e. The molecule has 0 aliphatic rings. The van der Waals surface area contributed by atoms with Crippen molar-refractivity contribution in [2.45, 2.75) is 9.79 Å². The van der Waals surface area contributed by atoms with Crippen LogP contribution in [0.1, 0.15) is 16.4 Å². The summed E-state index contributed by atoms with van der Waals surface area (Å²) in [6.45, 7) is 0. The summed E-state index contributed by atoms with van der Waals surface area (Å²) >= 11 is 0. The second-order valence-corrected chi connectivity index (χ2v) is 6.57. The lowest BCUT2D eigenvalue weighted by molar-refractivity contribution is 0.101. The fourth-order valence-corrected chi connectivity index (χ4v) is 3.40. The van der Waals surface area contributed by atoms with Crippen molar-refractivity contribution in [3.8, 4) is 0 Å². The number of nitrogens with one attached hydrogen (secondary N) is 1. The second kappa shape index (κ2) is 6.13. The molecule has 24 heavy (non-hydrogen) atoms. The van der Waals surface area contributed by atoms with Gasteiger partial charge >= 0.3 is 0 Å². The van der Waals surface area contributed by atoms with Crippen LogP contribution in [0.5, 0.6) is 0 Å². The zero-order valence-corrected chi connectivity index (χ0v) is 12.9. The Morgan fingerprint density at radius 3 is 2.62 bits per heavy atom. The average Bonchev–Trinajstić information content (AvgIpc) is 3.27. The van der Waals surface area contributed by atoms with Crippen LogP contribution >= 0.6 is 0 Å². The highest BCUT2D eigenvalue weighted by molar-refractivity contribution is 7.91. The number of rotatable bonds is 5. The van der Waals surface area contributed by atoms with Crippen LogP contribution in [-0.4, -0.2) is 34.5 Å². The Morgan fingerprint density at radius 2 is 1.96 bits per heavy atom. The number of ketones is 1. The van der Waals surface area contributed by atoms with Gasteiger partial charge in [0.15, 0.2) is 11.5 Å². The molecule has 0 unspecified atom stereocenters. The number of aromatic nitrogens is 3. The largest absolute Gasteiger partial charge is 0.504 e. The number of aliphatic hydroxyl groups excluding tert-OH is 1. The van der Waals surface area contributed by atoms with E-state index in [0.29, 0.717) is 0 Å². The fourth-order valence-electron chi connectivity index (χ4n) is 2.00. The van der Waals surface area contributed by atoms with Gasteiger partial charge in [-0.2, -0.15) is 5.10 Å². The number of carbonyl (C=O) groups is 1. The topological polar surface area (TPSA) is 126 Å². The summed E-state index contributed by atoms with van der Waals surface area (Å²) in [6, 6.07) is 8.84. The summed E-state index contributed by atoms with van der Waals surface area (Å²) < 4.78 is 30.2. The summed E-state index contributed by atoms with van der Waals surface area (Å²) in [5.74, 6) is -1.83. The Kier molecular flexibility index (Phi) is 4.00.